The molecule has 1 unspecified atom stereocenters. The molecular weight excluding hydrogens is 206 g/mol. The van der Waals surface area contributed by atoms with Gasteiger partial charge in [0.05, 0.1) is 19.4 Å². The van der Waals surface area contributed by atoms with Gasteiger partial charge in [0, 0.05) is 30.8 Å². The summed E-state index contributed by atoms with van der Waals surface area (Å²) in [5.74, 6) is 0. The largest absolute Gasteiger partial charge is 0.350 e. The average Bonchev–Trinajstić information content (AvgIpc) is 2.96. The molecule has 2 heterocycles. The molecule has 0 amide bonds. The van der Waals surface area contributed by atoms with Crippen molar-refractivity contribution < 1.29 is 9.47 Å². The van der Waals surface area contributed by atoms with E-state index in [1.165, 1.54) is 5.56 Å². The maximum Gasteiger partial charge on any atom is 0.159 e. The molecule has 16 heavy (non-hydrogen) atoms. The van der Waals surface area contributed by atoms with Gasteiger partial charge in [0.1, 0.15) is 0 Å². The van der Waals surface area contributed by atoms with Gasteiger partial charge < -0.3 is 14.8 Å². The zero-order valence-corrected chi connectivity index (χ0v) is 9.85. The fraction of sp³-hybridized carbons (Fsp3) is 0.727. The second-order valence-electron chi connectivity index (χ2n) is 3.88. The summed E-state index contributed by atoms with van der Waals surface area (Å²) in [5, 5.41) is 7.54. The van der Waals surface area contributed by atoms with Crippen LogP contribution in [0.15, 0.2) is 12.4 Å². The van der Waals surface area contributed by atoms with Gasteiger partial charge in [-0.05, 0) is 14.0 Å². The van der Waals surface area contributed by atoms with E-state index < -0.39 is 0 Å². The maximum absolute atomic E-state index is 5.45. The molecule has 1 aliphatic heterocycles. The van der Waals surface area contributed by atoms with Crippen molar-refractivity contribution in [2.45, 2.75) is 32.2 Å². The number of nitrogens with zero attached hydrogens (tertiary/aromatic N) is 2. The highest BCUT2D eigenvalue weighted by Crippen LogP contribution is 2.21. The van der Waals surface area contributed by atoms with Crippen LogP contribution in [0, 0.1) is 0 Å². The predicted octanol–water partition coefficient (Wildman–Crippen LogP) is 0.926. The molecule has 0 saturated carbocycles. The van der Waals surface area contributed by atoms with Crippen LogP contribution in [-0.2, 0) is 16.0 Å². The third kappa shape index (κ3) is 2.61. The summed E-state index contributed by atoms with van der Waals surface area (Å²) in [4.78, 5) is 0. The molecule has 2 rings (SSSR count). The molecule has 0 bridgehead atoms. The molecule has 1 aromatic heterocycles. The summed E-state index contributed by atoms with van der Waals surface area (Å²) in [6, 6.07) is 0.239. The highest BCUT2D eigenvalue weighted by Gasteiger charge is 2.22. The minimum atomic E-state index is -0.0811. The molecule has 1 fully saturated rings. The molecule has 5 heteroatoms. The number of rotatable bonds is 5. The lowest BCUT2D eigenvalue weighted by Crippen LogP contribution is -2.22. The van der Waals surface area contributed by atoms with E-state index in [1.807, 2.05) is 17.9 Å². The van der Waals surface area contributed by atoms with E-state index in [0.29, 0.717) is 13.2 Å². The lowest BCUT2D eigenvalue weighted by Gasteiger charge is -2.17. The van der Waals surface area contributed by atoms with Crippen molar-refractivity contribution >= 4 is 0 Å². The summed E-state index contributed by atoms with van der Waals surface area (Å²) < 4.78 is 12.8. The van der Waals surface area contributed by atoms with Gasteiger partial charge in [-0.2, -0.15) is 5.10 Å². The minimum Gasteiger partial charge on any atom is -0.350 e. The number of ether oxygens (including phenoxy) is 2. The van der Waals surface area contributed by atoms with Crippen LogP contribution in [-0.4, -0.2) is 36.3 Å². The fourth-order valence-electron chi connectivity index (χ4n) is 1.89. The Morgan fingerprint density at radius 1 is 1.56 bits per heavy atom. The van der Waals surface area contributed by atoms with Crippen molar-refractivity contribution in [1.82, 2.24) is 15.1 Å². The van der Waals surface area contributed by atoms with Crippen molar-refractivity contribution in [2.24, 2.45) is 0 Å². The first-order chi connectivity index (χ1) is 7.83. The van der Waals surface area contributed by atoms with Crippen molar-refractivity contribution in [3.63, 3.8) is 0 Å². The summed E-state index contributed by atoms with van der Waals surface area (Å²) in [6.45, 7) is 4.38. The van der Waals surface area contributed by atoms with Crippen LogP contribution in [0.2, 0.25) is 0 Å². The van der Waals surface area contributed by atoms with Crippen molar-refractivity contribution in [1.29, 1.82) is 0 Å². The third-order valence-electron chi connectivity index (χ3n) is 2.85. The Morgan fingerprint density at radius 2 is 2.31 bits per heavy atom. The Morgan fingerprint density at radius 3 is 2.88 bits per heavy atom. The smallest absolute Gasteiger partial charge is 0.159 e. The molecule has 0 spiro atoms. The average molecular weight is 225 g/mol. The predicted molar refractivity (Wildman–Crippen MR) is 60.0 cm³/mol. The summed E-state index contributed by atoms with van der Waals surface area (Å²) >= 11 is 0. The van der Waals surface area contributed by atoms with E-state index in [1.54, 1.807) is 0 Å². The Kier molecular flexibility index (Phi) is 3.93. The molecule has 5 nitrogen and oxygen atoms in total. The highest BCUT2D eigenvalue weighted by molar-refractivity contribution is 5.10. The summed E-state index contributed by atoms with van der Waals surface area (Å²) in [6.07, 6.45) is 4.71. The number of aryl methyl sites for hydroxylation is 1. The van der Waals surface area contributed by atoms with E-state index in [-0.39, 0.29) is 12.3 Å². The molecular formula is C11H19N3O2. The number of hydrogen-bond acceptors (Lipinski definition) is 4. The molecule has 0 aliphatic carbocycles. The first-order valence-electron chi connectivity index (χ1n) is 5.76. The minimum absolute atomic E-state index is 0.0811. The first kappa shape index (κ1) is 11.6. The van der Waals surface area contributed by atoms with E-state index in [4.69, 9.17) is 9.47 Å². The summed E-state index contributed by atoms with van der Waals surface area (Å²) in [5.41, 5.74) is 1.18. The quantitative estimate of drug-likeness (QED) is 0.809. The Bertz CT molecular complexity index is 321. The zero-order chi connectivity index (χ0) is 11.4. The monoisotopic (exact) mass is 225 g/mol. The van der Waals surface area contributed by atoms with Gasteiger partial charge in [-0.3, -0.25) is 4.68 Å². The van der Waals surface area contributed by atoms with E-state index in [2.05, 4.69) is 23.5 Å². The van der Waals surface area contributed by atoms with Gasteiger partial charge in [0.15, 0.2) is 6.29 Å². The van der Waals surface area contributed by atoms with E-state index in [0.717, 1.165) is 13.0 Å². The molecule has 1 saturated heterocycles. The number of hydrogen-bond donors (Lipinski definition) is 1. The second-order valence-corrected chi connectivity index (χ2v) is 3.88. The van der Waals surface area contributed by atoms with Gasteiger partial charge >= 0.3 is 0 Å². The molecule has 0 radical (unpaired) electrons. The van der Waals surface area contributed by atoms with E-state index >= 15 is 0 Å². The molecule has 1 aliphatic rings. The summed E-state index contributed by atoms with van der Waals surface area (Å²) in [7, 11) is 1.95. The molecule has 90 valence electrons. The normalized spacial score (nSPS) is 19.1. The molecule has 1 N–H and O–H groups in total. The van der Waals surface area contributed by atoms with E-state index in [9.17, 15) is 0 Å². The second kappa shape index (κ2) is 5.43. The van der Waals surface area contributed by atoms with Gasteiger partial charge in [-0.1, -0.05) is 0 Å². The fourth-order valence-corrected chi connectivity index (χ4v) is 1.89. The lowest BCUT2D eigenvalue weighted by atomic mass is 10.1. The molecule has 1 atom stereocenters. The van der Waals surface area contributed by atoms with Crippen molar-refractivity contribution in [2.75, 3.05) is 20.3 Å². The lowest BCUT2D eigenvalue weighted by molar-refractivity contribution is -0.0526. The van der Waals surface area contributed by atoms with Gasteiger partial charge in [-0.15, -0.1) is 0 Å². The SMILES string of the molecule is CCn1cc(C(CC2OCCO2)NC)cn1. The zero-order valence-electron chi connectivity index (χ0n) is 9.85. The standard InChI is InChI=1S/C11H19N3O2/c1-3-14-8-9(7-13-14)10(12-2)6-11-15-4-5-16-11/h7-8,10-12H,3-6H2,1-2H3. The molecule has 1 aromatic rings. The number of nitrogens with one attached hydrogen (secondary N) is 1. The maximum atomic E-state index is 5.45. The number of aromatic nitrogens is 2. The van der Waals surface area contributed by atoms with Crippen LogP contribution in [0.1, 0.15) is 24.9 Å². The van der Waals surface area contributed by atoms with Gasteiger partial charge in [0.25, 0.3) is 0 Å². The van der Waals surface area contributed by atoms with Gasteiger partial charge in [0.2, 0.25) is 0 Å². The van der Waals surface area contributed by atoms with Crippen LogP contribution in [0.25, 0.3) is 0 Å². The molecule has 0 aromatic carbocycles. The topological polar surface area (TPSA) is 48.3 Å². The Balaban J connectivity index is 1.97. The Labute approximate surface area is 95.7 Å². The third-order valence-corrected chi connectivity index (χ3v) is 2.85. The Hall–Kier alpha value is -0.910. The van der Waals surface area contributed by atoms with Crippen LogP contribution in [0.3, 0.4) is 0 Å². The first-order valence-corrected chi connectivity index (χ1v) is 5.76. The van der Waals surface area contributed by atoms with Gasteiger partial charge in [-0.25, -0.2) is 0 Å². The van der Waals surface area contributed by atoms with Crippen LogP contribution < -0.4 is 5.32 Å². The van der Waals surface area contributed by atoms with Crippen LogP contribution >= 0.6 is 0 Å². The van der Waals surface area contributed by atoms with Crippen molar-refractivity contribution in [3.05, 3.63) is 18.0 Å². The van der Waals surface area contributed by atoms with Crippen LogP contribution in [0.4, 0.5) is 0 Å². The van der Waals surface area contributed by atoms with Crippen molar-refractivity contribution in [3.8, 4) is 0 Å². The van der Waals surface area contributed by atoms with Crippen LogP contribution in [0.5, 0.6) is 0 Å². The highest BCUT2D eigenvalue weighted by atomic mass is 16.7.